The Labute approximate surface area is 276 Å². The number of aliphatic hydroxyl groups excluding tert-OH is 1. The smallest absolute Gasteiger partial charge is 0.305 e. The highest BCUT2D eigenvalue weighted by molar-refractivity contribution is 5.98. The SMILES string of the molecule is C[C@@H](O)[C@@H]1NC(=O)[C@H](CCC(=O)O)NC(=O)[C@@H]2C[C@H](F)CN2C(=O)[C@H](CC(=O)O)NC(=O)CNC(=O)[C@H](CCC(=O)O)NC(=O)CNC1=O. The number of carbonyl (C=O) groups is 10. The second-order valence-electron chi connectivity index (χ2n) is 11.3. The van der Waals surface area contributed by atoms with Crippen molar-refractivity contribution in [1.29, 1.82) is 0 Å². The minimum absolute atomic E-state index is 0.492. The molecule has 0 aliphatic carbocycles. The molecule has 22 heteroatoms. The number of amides is 7. The van der Waals surface area contributed by atoms with Crippen LogP contribution in [-0.2, 0) is 47.9 Å². The first-order valence-electron chi connectivity index (χ1n) is 14.9. The molecule has 0 saturated carbocycles. The topological polar surface area (TPSA) is 327 Å². The van der Waals surface area contributed by atoms with Crippen LogP contribution in [0.5, 0.6) is 0 Å². The molecule has 0 radical (unpaired) electrons. The van der Waals surface area contributed by atoms with Crippen molar-refractivity contribution in [3.63, 3.8) is 0 Å². The zero-order valence-corrected chi connectivity index (χ0v) is 26.1. The lowest BCUT2D eigenvalue weighted by Gasteiger charge is -2.29. The molecule has 0 spiro atoms. The van der Waals surface area contributed by atoms with Gasteiger partial charge in [-0.3, -0.25) is 47.9 Å². The Morgan fingerprint density at radius 2 is 1.24 bits per heavy atom. The lowest BCUT2D eigenvalue weighted by molar-refractivity contribution is -0.146. The second-order valence-corrected chi connectivity index (χ2v) is 11.3. The van der Waals surface area contributed by atoms with Crippen molar-refractivity contribution < 1.29 is 72.8 Å². The van der Waals surface area contributed by atoms with Crippen LogP contribution in [0.2, 0.25) is 0 Å². The molecule has 2 saturated heterocycles. The summed E-state index contributed by atoms with van der Waals surface area (Å²) in [5.41, 5.74) is 0. The van der Waals surface area contributed by atoms with Crippen LogP contribution in [0.3, 0.4) is 0 Å². The molecule has 0 bridgehead atoms. The van der Waals surface area contributed by atoms with Gasteiger partial charge in [0.05, 0.1) is 32.2 Å². The zero-order chi connectivity index (χ0) is 37.0. The van der Waals surface area contributed by atoms with Crippen LogP contribution >= 0.6 is 0 Å². The molecule has 2 aliphatic heterocycles. The number of carboxylic acids is 3. The molecule has 7 amide bonds. The second kappa shape index (κ2) is 18.2. The maximum absolute atomic E-state index is 14.6. The highest BCUT2D eigenvalue weighted by Gasteiger charge is 2.44. The number of fused-ring (bicyclic) bond motifs is 1. The molecular formula is C27H38FN7O14. The van der Waals surface area contributed by atoms with E-state index in [-0.39, 0.29) is 0 Å². The largest absolute Gasteiger partial charge is 0.481 e. The fraction of sp³-hybridized carbons (Fsp3) is 0.630. The average molecular weight is 704 g/mol. The van der Waals surface area contributed by atoms with E-state index in [2.05, 4.69) is 31.9 Å². The van der Waals surface area contributed by atoms with Gasteiger partial charge in [0.1, 0.15) is 36.4 Å². The van der Waals surface area contributed by atoms with Gasteiger partial charge in [0, 0.05) is 19.3 Å². The molecule has 7 atom stereocenters. The number of alkyl halides is 1. The summed E-state index contributed by atoms with van der Waals surface area (Å²) in [6.45, 7) is -1.44. The summed E-state index contributed by atoms with van der Waals surface area (Å²) in [4.78, 5) is 125. The van der Waals surface area contributed by atoms with Crippen molar-refractivity contribution in [2.24, 2.45) is 0 Å². The fourth-order valence-corrected chi connectivity index (χ4v) is 4.91. The van der Waals surface area contributed by atoms with E-state index in [0.29, 0.717) is 4.90 Å². The highest BCUT2D eigenvalue weighted by atomic mass is 19.1. The summed E-state index contributed by atoms with van der Waals surface area (Å²) in [6.07, 6.45) is -7.55. The molecule has 0 aromatic rings. The molecule has 0 aromatic heterocycles. The molecule has 21 nitrogen and oxygen atoms in total. The van der Waals surface area contributed by atoms with E-state index in [1.54, 1.807) is 0 Å². The van der Waals surface area contributed by atoms with Gasteiger partial charge in [-0.2, -0.15) is 0 Å². The Hall–Kier alpha value is -5.41. The van der Waals surface area contributed by atoms with E-state index in [9.17, 15) is 62.5 Å². The van der Waals surface area contributed by atoms with Crippen molar-refractivity contribution in [2.75, 3.05) is 19.6 Å². The molecule has 2 heterocycles. The number of halogens is 1. The molecule has 0 unspecified atom stereocenters. The first-order valence-corrected chi connectivity index (χ1v) is 14.9. The molecule has 272 valence electrons. The van der Waals surface area contributed by atoms with Crippen LogP contribution in [0.1, 0.15) is 45.4 Å². The Morgan fingerprint density at radius 3 is 1.76 bits per heavy atom. The van der Waals surface area contributed by atoms with Gasteiger partial charge in [0.2, 0.25) is 41.4 Å². The minimum atomic E-state index is -1.89. The quantitative estimate of drug-likeness (QED) is 0.107. The van der Waals surface area contributed by atoms with Crippen molar-refractivity contribution >= 4 is 59.3 Å². The molecule has 10 N–H and O–H groups in total. The van der Waals surface area contributed by atoms with E-state index in [1.807, 2.05) is 0 Å². The Balaban J connectivity index is 2.51. The normalized spacial score (nSPS) is 27.2. The monoisotopic (exact) mass is 703 g/mol. The zero-order valence-electron chi connectivity index (χ0n) is 26.1. The highest BCUT2D eigenvalue weighted by Crippen LogP contribution is 2.23. The standard InChI is InChI=1S/C27H38FN7O14/c1-11(36)22-26(48)30-9-17(37)31-13(2-4-19(39)40)23(45)29-8-18(38)32-15(7-21(43)44)27(49)35-10-12(28)6-16(35)25(47)33-14(24(46)34-22)3-5-20(41)42/h11-16,22,36H,2-10H2,1H3,(H,29,45)(H,30,48)(H,31,37)(H,32,38)(H,33,47)(H,34,46)(H,39,40)(H,41,42)(H,43,44)/t11-,12+,13+,14+,15+,16+,22+/m1/s1. The molecular weight excluding hydrogens is 665 g/mol. The third kappa shape index (κ3) is 12.6. The minimum Gasteiger partial charge on any atom is -0.481 e. The summed E-state index contributed by atoms with van der Waals surface area (Å²) >= 11 is 0. The van der Waals surface area contributed by atoms with Gasteiger partial charge >= 0.3 is 17.9 Å². The molecule has 49 heavy (non-hydrogen) atoms. The third-order valence-corrected chi connectivity index (χ3v) is 7.34. The van der Waals surface area contributed by atoms with Gasteiger partial charge in [0.25, 0.3) is 0 Å². The summed E-state index contributed by atoms with van der Waals surface area (Å²) in [7, 11) is 0. The van der Waals surface area contributed by atoms with E-state index < -0.39 is 160 Å². The van der Waals surface area contributed by atoms with Crippen LogP contribution < -0.4 is 31.9 Å². The molecule has 2 rings (SSSR count). The van der Waals surface area contributed by atoms with E-state index >= 15 is 0 Å². The number of nitrogens with zero attached hydrogens (tertiary/aromatic N) is 1. The lowest BCUT2D eigenvalue weighted by atomic mass is 10.1. The number of hydrogen-bond acceptors (Lipinski definition) is 11. The third-order valence-electron chi connectivity index (χ3n) is 7.34. The van der Waals surface area contributed by atoms with Crippen LogP contribution in [0.25, 0.3) is 0 Å². The van der Waals surface area contributed by atoms with Crippen LogP contribution in [0.4, 0.5) is 4.39 Å². The number of aliphatic carboxylic acids is 3. The van der Waals surface area contributed by atoms with E-state index in [4.69, 9.17) is 10.2 Å². The van der Waals surface area contributed by atoms with Gasteiger partial charge in [-0.05, 0) is 19.8 Å². The molecule has 2 aliphatic rings. The van der Waals surface area contributed by atoms with Gasteiger partial charge in [-0.25, -0.2) is 4.39 Å². The number of carboxylic acid groups (broad SMARTS) is 3. The fourth-order valence-electron chi connectivity index (χ4n) is 4.91. The first-order chi connectivity index (χ1) is 22.9. The van der Waals surface area contributed by atoms with Gasteiger partial charge in [0.15, 0.2) is 0 Å². The lowest BCUT2D eigenvalue weighted by Crippen LogP contribution is -2.60. The van der Waals surface area contributed by atoms with Gasteiger partial charge < -0.3 is 57.2 Å². The Bertz CT molecular complexity index is 1340. The van der Waals surface area contributed by atoms with Gasteiger partial charge in [-0.1, -0.05) is 0 Å². The predicted molar refractivity (Wildman–Crippen MR) is 156 cm³/mol. The van der Waals surface area contributed by atoms with Crippen molar-refractivity contribution in [2.45, 2.75) is 87.9 Å². The van der Waals surface area contributed by atoms with Crippen molar-refractivity contribution in [1.82, 2.24) is 36.8 Å². The predicted octanol–water partition coefficient (Wildman–Crippen LogP) is -5.30. The van der Waals surface area contributed by atoms with Crippen LogP contribution in [0.15, 0.2) is 0 Å². The number of carbonyl (C=O) groups excluding carboxylic acids is 7. The number of aliphatic hydroxyl groups is 1. The number of rotatable bonds is 9. The van der Waals surface area contributed by atoms with E-state index in [1.165, 1.54) is 0 Å². The van der Waals surface area contributed by atoms with Crippen LogP contribution in [-0.4, -0.2) is 147 Å². The summed E-state index contributed by atoms with van der Waals surface area (Å²) in [5.74, 6) is -12.3. The van der Waals surface area contributed by atoms with Gasteiger partial charge in [-0.15, -0.1) is 0 Å². The maximum atomic E-state index is 14.6. The molecule has 2 fully saturated rings. The number of nitrogens with one attached hydrogen (secondary N) is 6. The van der Waals surface area contributed by atoms with E-state index in [0.717, 1.165) is 6.92 Å². The summed E-state index contributed by atoms with van der Waals surface area (Å²) in [6, 6.07) is -8.67. The first kappa shape index (κ1) is 39.8. The number of hydrogen-bond donors (Lipinski definition) is 10. The summed E-state index contributed by atoms with van der Waals surface area (Å²) < 4.78 is 14.6. The maximum Gasteiger partial charge on any atom is 0.305 e. The van der Waals surface area contributed by atoms with Crippen molar-refractivity contribution in [3.05, 3.63) is 0 Å². The Morgan fingerprint density at radius 1 is 0.735 bits per heavy atom. The average Bonchev–Trinajstić information content (AvgIpc) is 3.41. The Kier molecular flexibility index (Phi) is 14.8. The molecule has 0 aromatic carbocycles. The summed E-state index contributed by atoms with van der Waals surface area (Å²) in [5, 5.41) is 50.5. The van der Waals surface area contributed by atoms with Crippen molar-refractivity contribution in [3.8, 4) is 0 Å². The van der Waals surface area contributed by atoms with Crippen LogP contribution in [0, 0.1) is 0 Å².